The number of halogens is 2. The van der Waals surface area contributed by atoms with E-state index in [2.05, 4.69) is 10.3 Å². The summed E-state index contributed by atoms with van der Waals surface area (Å²) >= 11 is 0. The van der Waals surface area contributed by atoms with Crippen molar-refractivity contribution in [3.8, 4) is 0 Å². The Morgan fingerprint density at radius 1 is 1.46 bits per heavy atom. The molecule has 2 N–H and O–H groups in total. The molecule has 0 spiro atoms. The molecule has 0 fully saturated rings. The first kappa shape index (κ1) is 10.4. The van der Waals surface area contributed by atoms with Gasteiger partial charge in [-0.2, -0.15) is 0 Å². The van der Waals surface area contributed by atoms with Gasteiger partial charge in [-0.05, 0) is 12.8 Å². The van der Waals surface area contributed by atoms with Crippen LogP contribution in [-0.2, 0) is 0 Å². The van der Waals surface area contributed by atoms with Crippen molar-refractivity contribution in [1.82, 2.24) is 5.32 Å². The van der Waals surface area contributed by atoms with Crippen LogP contribution in [0.25, 0.3) is 0 Å². The Balaban J connectivity index is 2.29. The average molecular weight is 192 g/mol. The van der Waals surface area contributed by atoms with Crippen LogP contribution in [0.3, 0.4) is 0 Å². The number of rotatable bonds is 3. The minimum absolute atomic E-state index is 0.525. The number of amidine groups is 1. The topological polar surface area (TPSA) is 44.6 Å². The van der Waals surface area contributed by atoms with Gasteiger partial charge in [-0.1, -0.05) is 0 Å². The summed E-state index contributed by atoms with van der Waals surface area (Å²) < 4.78 is 25.1. The fourth-order valence-corrected chi connectivity index (χ4v) is 1.13. The summed E-state index contributed by atoms with van der Waals surface area (Å²) in [4.78, 5) is 4.06. The molecule has 1 aliphatic heterocycles. The minimum Gasteiger partial charge on any atom is -0.390 e. The molecule has 76 valence electrons. The van der Waals surface area contributed by atoms with Gasteiger partial charge in [0.1, 0.15) is 6.61 Å². The predicted molar refractivity (Wildman–Crippen MR) is 46.2 cm³/mol. The summed E-state index contributed by atoms with van der Waals surface area (Å²) in [5.41, 5.74) is 0. The van der Waals surface area contributed by atoms with Gasteiger partial charge in [-0.25, -0.2) is 8.78 Å². The van der Waals surface area contributed by atoms with Crippen molar-refractivity contribution < 1.29 is 13.9 Å². The maximum absolute atomic E-state index is 12.5. The molecule has 1 heterocycles. The van der Waals surface area contributed by atoms with Gasteiger partial charge in [0.05, 0.1) is 12.4 Å². The van der Waals surface area contributed by atoms with Crippen LogP contribution >= 0.6 is 0 Å². The zero-order valence-corrected chi connectivity index (χ0v) is 7.39. The van der Waals surface area contributed by atoms with Crippen molar-refractivity contribution in [1.29, 1.82) is 0 Å². The van der Waals surface area contributed by atoms with Crippen LogP contribution in [0, 0.1) is 0 Å². The molecule has 0 saturated carbocycles. The van der Waals surface area contributed by atoms with Gasteiger partial charge in [-0.3, -0.25) is 4.99 Å². The zero-order valence-electron chi connectivity index (χ0n) is 7.39. The highest BCUT2D eigenvalue weighted by molar-refractivity contribution is 5.82. The van der Waals surface area contributed by atoms with E-state index in [9.17, 15) is 8.78 Å². The summed E-state index contributed by atoms with van der Waals surface area (Å²) in [6.45, 7) is -0.928. The van der Waals surface area contributed by atoms with Crippen LogP contribution in [0.2, 0.25) is 0 Å². The van der Waals surface area contributed by atoms with E-state index >= 15 is 0 Å². The van der Waals surface area contributed by atoms with Crippen LogP contribution in [0.4, 0.5) is 8.78 Å². The highest BCUT2D eigenvalue weighted by Crippen LogP contribution is 2.11. The zero-order chi connectivity index (χ0) is 9.73. The highest BCUT2D eigenvalue weighted by Gasteiger charge is 2.27. The third kappa shape index (κ3) is 3.67. The molecule has 0 radical (unpaired) electrons. The number of aliphatic hydroxyl groups is 1. The highest BCUT2D eigenvalue weighted by atomic mass is 19.3. The predicted octanol–water partition coefficient (Wildman–Crippen LogP) is 0.786. The molecular weight excluding hydrogens is 178 g/mol. The van der Waals surface area contributed by atoms with E-state index in [4.69, 9.17) is 5.11 Å². The first-order valence-electron chi connectivity index (χ1n) is 4.40. The molecule has 1 rings (SSSR count). The Hall–Kier alpha value is -0.710. The Kier molecular flexibility index (Phi) is 3.59. The third-order valence-electron chi connectivity index (χ3n) is 1.91. The summed E-state index contributed by atoms with van der Waals surface area (Å²) in [5, 5.41) is 10.8. The number of alkyl halides is 2. The number of nitrogens with zero attached hydrogens (tertiary/aromatic N) is 1. The molecule has 0 bridgehead atoms. The molecule has 3 nitrogen and oxygen atoms in total. The normalized spacial score (nSPS) is 18.2. The van der Waals surface area contributed by atoms with Crippen LogP contribution in [-0.4, -0.2) is 36.6 Å². The van der Waals surface area contributed by atoms with Gasteiger partial charge in [0, 0.05) is 13.0 Å². The van der Waals surface area contributed by atoms with Gasteiger partial charge in [0.15, 0.2) is 0 Å². The van der Waals surface area contributed by atoms with Gasteiger partial charge < -0.3 is 10.4 Å². The molecule has 0 aromatic heterocycles. The molecule has 13 heavy (non-hydrogen) atoms. The fourth-order valence-electron chi connectivity index (χ4n) is 1.13. The molecule has 0 aromatic rings. The van der Waals surface area contributed by atoms with Crippen LogP contribution in [0.15, 0.2) is 4.99 Å². The minimum atomic E-state index is -3.04. The summed E-state index contributed by atoms with van der Waals surface area (Å²) in [6, 6.07) is 0. The first-order chi connectivity index (χ1) is 6.14. The molecule has 5 heteroatoms. The van der Waals surface area contributed by atoms with E-state index < -0.39 is 19.1 Å². The van der Waals surface area contributed by atoms with Crippen molar-refractivity contribution in [3.63, 3.8) is 0 Å². The van der Waals surface area contributed by atoms with Gasteiger partial charge in [0.25, 0.3) is 5.92 Å². The van der Waals surface area contributed by atoms with E-state index in [1.54, 1.807) is 0 Å². The Morgan fingerprint density at radius 2 is 2.23 bits per heavy atom. The van der Waals surface area contributed by atoms with Crippen LogP contribution in [0.5, 0.6) is 0 Å². The van der Waals surface area contributed by atoms with E-state index in [0.717, 1.165) is 19.3 Å². The molecule has 0 aromatic carbocycles. The van der Waals surface area contributed by atoms with Crippen molar-refractivity contribution in [3.05, 3.63) is 0 Å². The Morgan fingerprint density at radius 3 is 2.77 bits per heavy atom. The molecule has 0 saturated heterocycles. The van der Waals surface area contributed by atoms with E-state index in [0.29, 0.717) is 12.4 Å². The maximum Gasteiger partial charge on any atom is 0.287 e. The second-order valence-electron chi connectivity index (χ2n) is 3.15. The molecule has 0 unspecified atom stereocenters. The third-order valence-corrected chi connectivity index (χ3v) is 1.91. The molecule has 0 atom stereocenters. The van der Waals surface area contributed by atoms with E-state index in [1.165, 1.54) is 0 Å². The summed E-state index contributed by atoms with van der Waals surface area (Å²) in [7, 11) is 0. The lowest BCUT2D eigenvalue weighted by Gasteiger charge is -2.18. The van der Waals surface area contributed by atoms with Crippen LogP contribution in [0.1, 0.15) is 19.3 Å². The lowest BCUT2D eigenvalue weighted by Crippen LogP contribution is -2.39. The van der Waals surface area contributed by atoms with Crippen molar-refractivity contribution in [2.75, 3.05) is 19.7 Å². The van der Waals surface area contributed by atoms with Gasteiger partial charge in [0.2, 0.25) is 0 Å². The van der Waals surface area contributed by atoms with E-state index in [1.807, 2.05) is 0 Å². The lowest BCUT2D eigenvalue weighted by molar-refractivity contribution is -0.0444. The molecule has 1 aliphatic rings. The SMILES string of the molecule is OCC(F)(F)CNC1=NCCCC1. The smallest absolute Gasteiger partial charge is 0.287 e. The number of nitrogens with one attached hydrogen (secondary N) is 1. The number of hydrogen-bond donors (Lipinski definition) is 2. The Bertz CT molecular complexity index is 195. The van der Waals surface area contributed by atoms with Gasteiger partial charge >= 0.3 is 0 Å². The van der Waals surface area contributed by atoms with Crippen LogP contribution < -0.4 is 5.32 Å². The second-order valence-corrected chi connectivity index (χ2v) is 3.15. The standard InChI is InChI=1S/C8H14F2N2O/c9-8(10,6-13)5-12-7-3-1-2-4-11-7/h13H,1-6H2,(H,11,12). The Labute approximate surface area is 75.9 Å². The quantitative estimate of drug-likeness (QED) is 0.694. The molecule has 0 amide bonds. The second kappa shape index (κ2) is 4.50. The number of aliphatic hydroxyl groups excluding tert-OH is 1. The van der Waals surface area contributed by atoms with Crippen molar-refractivity contribution in [2.45, 2.75) is 25.2 Å². The first-order valence-corrected chi connectivity index (χ1v) is 4.40. The fraction of sp³-hybridized carbons (Fsp3) is 0.875. The van der Waals surface area contributed by atoms with E-state index in [-0.39, 0.29) is 0 Å². The molecular formula is C8H14F2N2O. The van der Waals surface area contributed by atoms with Crippen molar-refractivity contribution in [2.24, 2.45) is 4.99 Å². The number of aliphatic imine (C=N–C) groups is 1. The lowest BCUT2D eigenvalue weighted by atomic mass is 10.2. The number of hydrogen-bond acceptors (Lipinski definition) is 3. The summed E-state index contributed by atoms with van der Waals surface area (Å²) in [6.07, 6.45) is 2.76. The summed E-state index contributed by atoms with van der Waals surface area (Å²) in [5.74, 6) is -2.40. The molecule has 0 aliphatic carbocycles. The largest absolute Gasteiger partial charge is 0.390 e. The average Bonchev–Trinajstić information content (AvgIpc) is 2.17. The van der Waals surface area contributed by atoms with Gasteiger partial charge in [-0.15, -0.1) is 0 Å². The maximum atomic E-state index is 12.5. The van der Waals surface area contributed by atoms with Crippen molar-refractivity contribution >= 4 is 5.84 Å². The monoisotopic (exact) mass is 192 g/mol.